The van der Waals surface area contributed by atoms with E-state index in [1.165, 1.54) is 0 Å². The van der Waals surface area contributed by atoms with Crippen LogP contribution in [0, 0.1) is 0 Å². The smallest absolute Gasteiger partial charge is 0.247 e. The largest absolute Gasteiger partial charge is 0.454 e. The van der Waals surface area contributed by atoms with Crippen molar-refractivity contribution < 1.29 is 19.1 Å². The van der Waals surface area contributed by atoms with Gasteiger partial charge < -0.3 is 19.7 Å². The van der Waals surface area contributed by atoms with Gasteiger partial charge in [-0.2, -0.15) is 0 Å². The number of ether oxygens (including phenoxy) is 2. The van der Waals surface area contributed by atoms with E-state index in [4.69, 9.17) is 9.47 Å². The predicted octanol–water partition coefficient (Wildman–Crippen LogP) is 1.94. The molecule has 1 unspecified atom stereocenters. The highest BCUT2D eigenvalue weighted by Crippen LogP contribution is 2.33. The fraction of sp³-hybridized carbons (Fsp3) is 0.278. The fourth-order valence-electron chi connectivity index (χ4n) is 3.10. The minimum Gasteiger partial charge on any atom is -0.454 e. The summed E-state index contributed by atoms with van der Waals surface area (Å²) in [6, 6.07) is 8.59. The van der Waals surface area contributed by atoms with Crippen LogP contribution < -0.4 is 14.8 Å². The summed E-state index contributed by atoms with van der Waals surface area (Å²) in [5.74, 6) is 1.14. The Morgan fingerprint density at radius 3 is 3.00 bits per heavy atom. The number of likely N-dealkylation sites (tertiary alicyclic amines) is 1. The number of aromatic nitrogens is 1. The first kappa shape index (κ1) is 15.4. The molecule has 1 atom stereocenters. The molecule has 2 amide bonds. The van der Waals surface area contributed by atoms with Gasteiger partial charge in [-0.3, -0.25) is 14.6 Å². The lowest BCUT2D eigenvalue weighted by atomic mass is 10.1. The van der Waals surface area contributed by atoms with Crippen LogP contribution in [-0.2, 0) is 16.1 Å². The van der Waals surface area contributed by atoms with Gasteiger partial charge in [-0.05, 0) is 36.2 Å². The van der Waals surface area contributed by atoms with Crippen molar-refractivity contribution in [1.29, 1.82) is 0 Å². The average Bonchev–Trinajstić information content (AvgIpc) is 3.23. The molecule has 7 nitrogen and oxygen atoms in total. The maximum absolute atomic E-state index is 12.6. The van der Waals surface area contributed by atoms with Crippen LogP contribution in [0.25, 0.3) is 0 Å². The Morgan fingerprint density at radius 2 is 2.16 bits per heavy atom. The van der Waals surface area contributed by atoms with Crippen LogP contribution >= 0.6 is 0 Å². The van der Waals surface area contributed by atoms with Crippen molar-refractivity contribution in [2.75, 3.05) is 12.1 Å². The second-order valence-corrected chi connectivity index (χ2v) is 5.99. The molecule has 128 valence electrons. The van der Waals surface area contributed by atoms with Crippen molar-refractivity contribution in [1.82, 2.24) is 9.88 Å². The van der Waals surface area contributed by atoms with Gasteiger partial charge in [0, 0.05) is 19.2 Å². The molecule has 1 fully saturated rings. The Kier molecular flexibility index (Phi) is 3.97. The van der Waals surface area contributed by atoms with Crippen molar-refractivity contribution in [3.63, 3.8) is 0 Å². The predicted molar refractivity (Wildman–Crippen MR) is 89.0 cm³/mol. The molecule has 1 N–H and O–H groups in total. The van der Waals surface area contributed by atoms with Crippen LogP contribution in [0.4, 0.5) is 5.69 Å². The number of nitrogens with one attached hydrogen (secondary N) is 1. The normalized spacial score (nSPS) is 18.5. The summed E-state index contributed by atoms with van der Waals surface area (Å²) in [5.41, 5.74) is 1.52. The number of pyridine rings is 1. The lowest BCUT2D eigenvalue weighted by Gasteiger charge is -2.24. The highest BCUT2D eigenvalue weighted by molar-refractivity contribution is 5.98. The number of carbonyl (C=O) groups is 2. The molecule has 2 aromatic rings. The molecular formula is C18H17N3O4. The van der Waals surface area contributed by atoms with Crippen LogP contribution in [0.2, 0.25) is 0 Å². The minimum atomic E-state index is -0.488. The second-order valence-electron chi connectivity index (χ2n) is 5.99. The van der Waals surface area contributed by atoms with Crippen molar-refractivity contribution in [3.05, 3.63) is 48.3 Å². The maximum Gasteiger partial charge on any atom is 0.247 e. The van der Waals surface area contributed by atoms with E-state index >= 15 is 0 Å². The van der Waals surface area contributed by atoms with Gasteiger partial charge in [-0.15, -0.1) is 0 Å². The maximum atomic E-state index is 12.6. The summed E-state index contributed by atoms with van der Waals surface area (Å²) < 4.78 is 10.7. The van der Waals surface area contributed by atoms with Crippen LogP contribution in [-0.4, -0.2) is 34.5 Å². The zero-order valence-electron chi connectivity index (χ0n) is 13.5. The van der Waals surface area contributed by atoms with E-state index in [-0.39, 0.29) is 18.6 Å². The molecule has 0 bridgehead atoms. The first-order valence-electron chi connectivity index (χ1n) is 8.09. The van der Waals surface area contributed by atoms with E-state index in [9.17, 15) is 9.59 Å². The third-order valence-electron chi connectivity index (χ3n) is 4.35. The van der Waals surface area contributed by atoms with E-state index in [1.807, 2.05) is 18.2 Å². The van der Waals surface area contributed by atoms with Gasteiger partial charge in [0.1, 0.15) is 6.04 Å². The SMILES string of the molecule is O=C(Nc1cccnc1)C1CCC(=O)N1Cc1ccc2c(c1)OCO2. The van der Waals surface area contributed by atoms with Crippen LogP contribution in [0.5, 0.6) is 11.5 Å². The molecule has 0 spiro atoms. The molecule has 4 rings (SSSR count). The Morgan fingerprint density at radius 1 is 1.28 bits per heavy atom. The van der Waals surface area contributed by atoms with E-state index in [0.29, 0.717) is 36.6 Å². The fourth-order valence-corrected chi connectivity index (χ4v) is 3.10. The monoisotopic (exact) mass is 339 g/mol. The van der Waals surface area contributed by atoms with E-state index in [2.05, 4.69) is 10.3 Å². The van der Waals surface area contributed by atoms with Crippen molar-refractivity contribution in [2.24, 2.45) is 0 Å². The van der Waals surface area contributed by atoms with Crippen LogP contribution in [0.3, 0.4) is 0 Å². The first-order chi connectivity index (χ1) is 12.2. The standard InChI is InChI=1S/C18H17N3O4/c22-17-6-4-14(18(23)20-13-2-1-7-19-9-13)21(17)10-12-3-5-15-16(8-12)25-11-24-15/h1-3,5,7-9,14H,4,6,10-11H2,(H,20,23). The van der Waals surface area contributed by atoms with Gasteiger partial charge in [0.25, 0.3) is 0 Å². The van der Waals surface area contributed by atoms with Gasteiger partial charge in [-0.25, -0.2) is 0 Å². The van der Waals surface area contributed by atoms with Gasteiger partial charge >= 0.3 is 0 Å². The van der Waals surface area contributed by atoms with Crippen molar-refractivity contribution >= 4 is 17.5 Å². The van der Waals surface area contributed by atoms with Gasteiger partial charge in [0.05, 0.1) is 11.9 Å². The lowest BCUT2D eigenvalue weighted by molar-refractivity contribution is -0.133. The molecule has 0 saturated carbocycles. The second kappa shape index (κ2) is 6.43. The topological polar surface area (TPSA) is 80.8 Å². The quantitative estimate of drug-likeness (QED) is 0.921. The summed E-state index contributed by atoms with van der Waals surface area (Å²) in [7, 11) is 0. The Balaban J connectivity index is 1.49. The summed E-state index contributed by atoms with van der Waals surface area (Å²) in [5, 5.41) is 2.82. The van der Waals surface area contributed by atoms with Crippen LogP contribution in [0.1, 0.15) is 18.4 Å². The zero-order chi connectivity index (χ0) is 17.2. The van der Waals surface area contributed by atoms with Crippen molar-refractivity contribution in [2.45, 2.75) is 25.4 Å². The number of rotatable bonds is 4. The molecule has 25 heavy (non-hydrogen) atoms. The molecule has 0 aliphatic carbocycles. The van der Waals surface area contributed by atoms with E-state index < -0.39 is 6.04 Å². The molecule has 7 heteroatoms. The lowest BCUT2D eigenvalue weighted by Crippen LogP contribution is -2.41. The molecule has 2 aliphatic heterocycles. The summed E-state index contributed by atoms with van der Waals surface area (Å²) in [6.45, 7) is 0.568. The third-order valence-corrected chi connectivity index (χ3v) is 4.35. The highest BCUT2D eigenvalue weighted by Gasteiger charge is 2.36. The van der Waals surface area contributed by atoms with Crippen LogP contribution in [0.15, 0.2) is 42.7 Å². The molecule has 1 aromatic heterocycles. The average molecular weight is 339 g/mol. The van der Waals surface area contributed by atoms with E-state index in [0.717, 1.165) is 5.56 Å². The van der Waals surface area contributed by atoms with Crippen molar-refractivity contribution in [3.8, 4) is 11.5 Å². The molecule has 3 heterocycles. The molecule has 1 saturated heterocycles. The molecular weight excluding hydrogens is 322 g/mol. The molecule has 2 aliphatic rings. The third kappa shape index (κ3) is 3.13. The first-order valence-corrected chi connectivity index (χ1v) is 8.09. The number of hydrogen-bond acceptors (Lipinski definition) is 5. The van der Waals surface area contributed by atoms with Gasteiger partial charge in [0.15, 0.2) is 11.5 Å². The number of fused-ring (bicyclic) bond motifs is 1. The number of anilines is 1. The Labute approximate surface area is 144 Å². The minimum absolute atomic E-state index is 0.0241. The zero-order valence-corrected chi connectivity index (χ0v) is 13.5. The summed E-state index contributed by atoms with van der Waals surface area (Å²) in [6.07, 6.45) is 4.10. The van der Waals surface area contributed by atoms with Gasteiger partial charge in [-0.1, -0.05) is 6.07 Å². The Bertz CT molecular complexity index is 809. The van der Waals surface area contributed by atoms with E-state index in [1.54, 1.807) is 29.4 Å². The Hall–Kier alpha value is -3.09. The summed E-state index contributed by atoms with van der Waals surface area (Å²) in [4.78, 5) is 30.4. The number of benzene rings is 1. The van der Waals surface area contributed by atoms with Gasteiger partial charge in [0.2, 0.25) is 18.6 Å². The number of hydrogen-bond donors (Lipinski definition) is 1. The number of carbonyl (C=O) groups excluding carboxylic acids is 2. The summed E-state index contributed by atoms with van der Waals surface area (Å²) >= 11 is 0. The highest BCUT2D eigenvalue weighted by atomic mass is 16.7. The number of nitrogens with zero attached hydrogens (tertiary/aromatic N) is 2. The molecule has 1 aromatic carbocycles. The number of amides is 2. The molecule has 0 radical (unpaired) electrons.